The Labute approximate surface area is 170 Å². The third-order valence-corrected chi connectivity index (χ3v) is 5.18. The van der Waals surface area contributed by atoms with Crippen molar-refractivity contribution in [3.63, 3.8) is 0 Å². The zero-order valence-corrected chi connectivity index (χ0v) is 17.5. The highest BCUT2D eigenvalue weighted by atomic mass is 79.9. The number of hydrogen-bond acceptors (Lipinski definition) is 4. The van der Waals surface area contributed by atoms with Gasteiger partial charge in [-0.3, -0.25) is 9.59 Å². The zero-order valence-electron chi connectivity index (χ0n) is 15.9. The van der Waals surface area contributed by atoms with Crippen LogP contribution in [-0.2, 0) is 9.59 Å². The van der Waals surface area contributed by atoms with Gasteiger partial charge in [-0.05, 0) is 49.6 Å². The lowest BCUT2D eigenvalue weighted by Gasteiger charge is -2.21. The number of fused-ring (bicyclic) bond motifs is 2. The Hall–Kier alpha value is -2.86. The van der Waals surface area contributed by atoms with Crippen molar-refractivity contribution in [1.29, 1.82) is 0 Å². The van der Waals surface area contributed by atoms with Crippen molar-refractivity contribution in [2.45, 2.75) is 27.7 Å². The van der Waals surface area contributed by atoms with Crippen LogP contribution in [0.2, 0.25) is 0 Å². The molecular weight excluding hydrogens is 422 g/mol. The molecule has 0 atom stereocenters. The number of aryl methyl sites for hydroxylation is 2. The minimum Gasteiger partial charge on any atom is -0.461 e. The largest absolute Gasteiger partial charge is 0.461 e. The van der Waals surface area contributed by atoms with Crippen molar-refractivity contribution in [3.8, 4) is 11.3 Å². The van der Waals surface area contributed by atoms with Crippen LogP contribution in [0.25, 0.3) is 33.1 Å². The van der Waals surface area contributed by atoms with E-state index in [-0.39, 0.29) is 11.8 Å². The maximum atomic E-state index is 12.4. The Morgan fingerprint density at radius 1 is 0.857 bits per heavy atom. The number of amides is 2. The van der Waals surface area contributed by atoms with Crippen LogP contribution in [0.1, 0.15) is 25.4 Å². The summed E-state index contributed by atoms with van der Waals surface area (Å²) in [5.41, 5.74) is 1.91. The third-order valence-electron chi connectivity index (χ3n) is 4.68. The van der Waals surface area contributed by atoms with Gasteiger partial charge in [-0.15, -0.1) is 0 Å². The van der Waals surface area contributed by atoms with Gasteiger partial charge in [-0.2, -0.15) is 0 Å². The first-order valence-corrected chi connectivity index (χ1v) is 9.60. The van der Waals surface area contributed by atoms with Gasteiger partial charge in [0.1, 0.15) is 22.9 Å². The van der Waals surface area contributed by atoms with Gasteiger partial charge in [0, 0.05) is 29.1 Å². The molecule has 0 spiro atoms. The molecule has 5 nitrogen and oxygen atoms in total. The monoisotopic (exact) mass is 439 g/mol. The summed E-state index contributed by atoms with van der Waals surface area (Å²) in [5, 5.41) is 2.29. The van der Waals surface area contributed by atoms with Crippen LogP contribution in [0.5, 0.6) is 0 Å². The SMILES string of the molecule is CC(=O)N(C(C)=O)c1c2cc(Br)ccc2c(-c2ccc(C)o2)c2oc(C)cc12. The molecule has 0 bridgehead atoms. The van der Waals surface area contributed by atoms with Crippen LogP contribution in [0.4, 0.5) is 5.69 Å². The van der Waals surface area contributed by atoms with E-state index in [4.69, 9.17) is 8.83 Å². The lowest BCUT2D eigenvalue weighted by atomic mass is 9.97. The maximum Gasteiger partial charge on any atom is 0.230 e. The van der Waals surface area contributed by atoms with Gasteiger partial charge in [-0.25, -0.2) is 4.90 Å². The molecule has 0 aliphatic rings. The number of nitrogens with zero attached hydrogens (tertiary/aromatic N) is 1. The first-order valence-electron chi connectivity index (χ1n) is 8.81. The number of halogens is 1. The van der Waals surface area contributed by atoms with E-state index in [1.165, 1.54) is 18.7 Å². The van der Waals surface area contributed by atoms with Crippen LogP contribution in [-0.4, -0.2) is 11.8 Å². The molecule has 0 fully saturated rings. The fraction of sp³-hybridized carbons (Fsp3) is 0.182. The molecule has 0 aliphatic carbocycles. The van der Waals surface area contributed by atoms with E-state index in [0.717, 1.165) is 26.6 Å². The number of anilines is 1. The second-order valence-electron chi connectivity index (χ2n) is 6.80. The molecule has 28 heavy (non-hydrogen) atoms. The average molecular weight is 440 g/mol. The van der Waals surface area contributed by atoms with Crippen LogP contribution in [0.15, 0.2) is 49.7 Å². The fourth-order valence-corrected chi connectivity index (χ4v) is 4.03. The van der Waals surface area contributed by atoms with Crippen LogP contribution >= 0.6 is 15.9 Å². The molecule has 6 heteroatoms. The molecular formula is C22H18BrNO4. The molecule has 2 heterocycles. The van der Waals surface area contributed by atoms with Gasteiger partial charge in [-0.1, -0.05) is 22.0 Å². The van der Waals surface area contributed by atoms with Crippen LogP contribution in [0, 0.1) is 13.8 Å². The molecule has 0 saturated heterocycles. The second-order valence-corrected chi connectivity index (χ2v) is 7.71. The number of carbonyl (C=O) groups is 2. The Balaban J connectivity index is 2.26. The van der Waals surface area contributed by atoms with Crippen molar-refractivity contribution in [3.05, 3.63) is 52.4 Å². The number of carbonyl (C=O) groups excluding carboxylic acids is 2. The highest BCUT2D eigenvalue weighted by molar-refractivity contribution is 9.10. The zero-order chi connectivity index (χ0) is 20.2. The molecule has 0 unspecified atom stereocenters. The van der Waals surface area contributed by atoms with E-state index in [1.807, 2.05) is 50.2 Å². The summed E-state index contributed by atoms with van der Waals surface area (Å²) >= 11 is 3.51. The smallest absolute Gasteiger partial charge is 0.230 e. The Bertz CT molecular complexity index is 1250. The van der Waals surface area contributed by atoms with E-state index in [2.05, 4.69) is 15.9 Å². The van der Waals surface area contributed by atoms with E-state index in [1.54, 1.807) is 0 Å². The Kier molecular flexibility index (Phi) is 4.38. The maximum absolute atomic E-state index is 12.4. The van der Waals surface area contributed by atoms with Crippen molar-refractivity contribution >= 4 is 55.2 Å². The van der Waals surface area contributed by atoms with Crippen molar-refractivity contribution in [2.24, 2.45) is 0 Å². The summed E-state index contributed by atoms with van der Waals surface area (Å²) in [4.78, 5) is 25.9. The number of rotatable bonds is 2. The molecule has 2 aromatic carbocycles. The van der Waals surface area contributed by atoms with E-state index >= 15 is 0 Å². The van der Waals surface area contributed by atoms with Gasteiger partial charge in [0.05, 0.1) is 11.3 Å². The molecule has 4 aromatic rings. The van der Waals surface area contributed by atoms with Crippen molar-refractivity contribution in [1.82, 2.24) is 0 Å². The molecule has 4 rings (SSSR count). The first-order chi connectivity index (χ1) is 13.3. The van der Waals surface area contributed by atoms with E-state index in [0.29, 0.717) is 28.2 Å². The summed E-state index contributed by atoms with van der Waals surface area (Å²) in [5.74, 6) is 1.44. The quantitative estimate of drug-likeness (QED) is 0.377. The summed E-state index contributed by atoms with van der Waals surface area (Å²) in [6.07, 6.45) is 0. The molecule has 2 amide bonds. The average Bonchev–Trinajstić information content (AvgIpc) is 3.19. The molecule has 0 saturated carbocycles. The highest BCUT2D eigenvalue weighted by Crippen LogP contribution is 2.45. The standard InChI is InChI=1S/C22H18BrNO4/c1-11-5-8-19(27-11)20-16-7-6-15(23)10-17(16)21(24(13(3)25)14(4)26)18-9-12(2)28-22(18)20/h5-10H,1-4H3. The minimum atomic E-state index is -0.351. The normalized spacial score (nSPS) is 11.3. The van der Waals surface area contributed by atoms with Crippen molar-refractivity contribution in [2.75, 3.05) is 4.90 Å². The Morgan fingerprint density at radius 2 is 1.57 bits per heavy atom. The summed E-state index contributed by atoms with van der Waals surface area (Å²) in [7, 11) is 0. The fourth-order valence-electron chi connectivity index (χ4n) is 3.66. The molecule has 0 radical (unpaired) electrons. The number of furan rings is 2. The van der Waals surface area contributed by atoms with Gasteiger partial charge < -0.3 is 8.83 Å². The number of benzene rings is 2. The van der Waals surface area contributed by atoms with Gasteiger partial charge in [0.2, 0.25) is 11.8 Å². The molecule has 142 valence electrons. The predicted molar refractivity (Wildman–Crippen MR) is 112 cm³/mol. The summed E-state index contributed by atoms with van der Waals surface area (Å²) in [6.45, 7) is 6.49. The highest BCUT2D eigenvalue weighted by Gasteiger charge is 2.27. The first kappa shape index (κ1) is 18.5. The summed E-state index contributed by atoms with van der Waals surface area (Å²) < 4.78 is 12.8. The third kappa shape index (κ3) is 2.85. The lowest BCUT2D eigenvalue weighted by molar-refractivity contribution is -0.124. The van der Waals surface area contributed by atoms with Crippen LogP contribution in [0.3, 0.4) is 0 Å². The Morgan fingerprint density at radius 3 is 2.18 bits per heavy atom. The predicted octanol–water partition coefficient (Wildman–Crippen LogP) is 6.12. The summed E-state index contributed by atoms with van der Waals surface area (Å²) in [6, 6.07) is 11.4. The number of hydrogen-bond donors (Lipinski definition) is 0. The van der Waals surface area contributed by atoms with Gasteiger partial charge >= 0.3 is 0 Å². The van der Waals surface area contributed by atoms with E-state index < -0.39 is 0 Å². The minimum absolute atomic E-state index is 0.351. The van der Waals surface area contributed by atoms with Crippen molar-refractivity contribution < 1.29 is 18.4 Å². The van der Waals surface area contributed by atoms with E-state index in [9.17, 15) is 9.59 Å². The topological polar surface area (TPSA) is 63.7 Å². The molecule has 2 aromatic heterocycles. The van der Waals surface area contributed by atoms with Gasteiger partial charge in [0.25, 0.3) is 0 Å². The van der Waals surface area contributed by atoms with Gasteiger partial charge in [0.15, 0.2) is 0 Å². The number of imide groups is 1. The van der Waals surface area contributed by atoms with Crippen LogP contribution < -0.4 is 4.90 Å². The second kappa shape index (κ2) is 6.63. The molecule has 0 N–H and O–H groups in total. The lowest BCUT2D eigenvalue weighted by Crippen LogP contribution is -2.33. The molecule has 0 aliphatic heterocycles.